The van der Waals surface area contributed by atoms with Gasteiger partial charge >= 0.3 is 0 Å². The largest absolute Gasteiger partial charge is 0.382 e. The summed E-state index contributed by atoms with van der Waals surface area (Å²) < 4.78 is 0. The Morgan fingerprint density at radius 3 is 3.33 bits per heavy atom. The van der Waals surface area contributed by atoms with Gasteiger partial charge in [-0.3, -0.25) is 4.98 Å². The van der Waals surface area contributed by atoms with Crippen LogP contribution in [0.3, 0.4) is 0 Å². The van der Waals surface area contributed by atoms with Gasteiger partial charge in [0.1, 0.15) is 5.70 Å². The van der Waals surface area contributed by atoms with Crippen molar-refractivity contribution in [1.82, 2.24) is 10.3 Å². The number of azo groups is 1. The Bertz CT molecular complexity index is 568. The fraction of sp³-hybridized carbons (Fsp3) is 0.182. The second-order valence-electron chi connectivity index (χ2n) is 3.46. The van der Waals surface area contributed by atoms with E-state index in [4.69, 9.17) is 0 Å². The van der Waals surface area contributed by atoms with Gasteiger partial charge in [-0.15, -0.1) is 5.11 Å². The summed E-state index contributed by atoms with van der Waals surface area (Å²) in [4.78, 5) is 4.27. The van der Waals surface area contributed by atoms with Crippen LogP contribution >= 0.6 is 0 Å². The minimum absolute atomic E-state index is 0.869. The van der Waals surface area contributed by atoms with E-state index in [1.165, 1.54) is 0 Å². The van der Waals surface area contributed by atoms with Crippen LogP contribution in [0.5, 0.6) is 0 Å². The first-order chi connectivity index (χ1) is 7.45. The molecule has 4 heteroatoms. The molecule has 3 heterocycles. The fourth-order valence-electron chi connectivity index (χ4n) is 1.80. The zero-order valence-electron chi connectivity index (χ0n) is 8.14. The van der Waals surface area contributed by atoms with Crippen molar-refractivity contribution in [2.24, 2.45) is 10.2 Å². The Morgan fingerprint density at radius 2 is 2.33 bits per heavy atom. The van der Waals surface area contributed by atoms with E-state index in [2.05, 4.69) is 26.6 Å². The topological polar surface area (TPSA) is 49.6 Å². The summed E-state index contributed by atoms with van der Waals surface area (Å²) in [5, 5.41) is 13.5. The Hall–Kier alpha value is -1.97. The molecule has 0 atom stereocenters. The summed E-state index contributed by atoms with van der Waals surface area (Å²) in [5.41, 5.74) is 1.96. The average molecular weight is 198 g/mol. The van der Waals surface area contributed by atoms with Crippen LogP contribution in [0.4, 0.5) is 0 Å². The van der Waals surface area contributed by atoms with Crippen molar-refractivity contribution in [3.8, 4) is 0 Å². The molecule has 74 valence electrons. The van der Waals surface area contributed by atoms with Crippen LogP contribution in [-0.2, 0) is 0 Å². The molecule has 0 unspecified atom stereocenters. The maximum Gasteiger partial charge on any atom is 0.106 e. The van der Waals surface area contributed by atoms with Crippen LogP contribution in [0.1, 0.15) is 6.42 Å². The first-order valence-corrected chi connectivity index (χ1v) is 4.96. The number of rotatable bonds is 0. The average Bonchev–Trinajstić information content (AvgIpc) is 2.48. The van der Waals surface area contributed by atoms with Gasteiger partial charge in [-0.05, 0) is 18.6 Å². The molecule has 0 saturated heterocycles. The molecule has 0 spiro atoms. The van der Waals surface area contributed by atoms with E-state index in [1.807, 2.05) is 12.1 Å². The number of hydrogen-bond acceptors (Lipinski definition) is 4. The first-order valence-electron chi connectivity index (χ1n) is 4.96. The monoisotopic (exact) mass is 198 g/mol. The molecule has 0 aliphatic carbocycles. The van der Waals surface area contributed by atoms with Crippen molar-refractivity contribution in [2.45, 2.75) is 6.42 Å². The number of fused-ring (bicyclic) bond motifs is 2. The third-order valence-electron chi connectivity index (χ3n) is 2.49. The van der Waals surface area contributed by atoms with Crippen molar-refractivity contribution >= 4 is 11.9 Å². The van der Waals surface area contributed by atoms with Gasteiger partial charge in [-0.1, -0.05) is 6.08 Å². The van der Waals surface area contributed by atoms with Crippen LogP contribution in [0.2, 0.25) is 0 Å². The lowest BCUT2D eigenvalue weighted by Gasteiger charge is -2.14. The molecule has 2 aliphatic heterocycles. The minimum Gasteiger partial charge on any atom is -0.382 e. The molecule has 0 amide bonds. The fourth-order valence-corrected chi connectivity index (χ4v) is 1.80. The minimum atomic E-state index is 0.869. The molecule has 2 aliphatic rings. The molecule has 1 N–H and O–H groups in total. The van der Waals surface area contributed by atoms with Crippen molar-refractivity contribution < 1.29 is 0 Å². The SMILES string of the molecule is C1=C2N=NC=c3ncccc3=C2NCC1. The van der Waals surface area contributed by atoms with Gasteiger partial charge in [0.05, 0.1) is 17.2 Å². The van der Waals surface area contributed by atoms with Gasteiger partial charge in [0.25, 0.3) is 0 Å². The summed E-state index contributed by atoms with van der Waals surface area (Å²) in [7, 11) is 0. The lowest BCUT2D eigenvalue weighted by Crippen LogP contribution is -2.35. The van der Waals surface area contributed by atoms with Crippen LogP contribution in [0, 0.1) is 0 Å². The second kappa shape index (κ2) is 3.31. The summed E-state index contributed by atoms with van der Waals surface area (Å²) in [6.07, 6.45) is 6.56. The molecule has 3 rings (SSSR count). The van der Waals surface area contributed by atoms with Crippen molar-refractivity contribution in [1.29, 1.82) is 0 Å². The first kappa shape index (κ1) is 8.35. The van der Waals surface area contributed by atoms with Gasteiger partial charge in [0, 0.05) is 18.0 Å². The van der Waals surface area contributed by atoms with Crippen LogP contribution < -0.4 is 15.9 Å². The smallest absolute Gasteiger partial charge is 0.106 e. The highest BCUT2D eigenvalue weighted by Crippen LogP contribution is 2.14. The molecule has 0 saturated carbocycles. The van der Waals surface area contributed by atoms with Gasteiger partial charge in [-0.2, -0.15) is 5.11 Å². The highest BCUT2D eigenvalue weighted by molar-refractivity contribution is 5.63. The van der Waals surface area contributed by atoms with E-state index < -0.39 is 0 Å². The molecule has 0 aromatic carbocycles. The summed E-state index contributed by atoms with van der Waals surface area (Å²) in [5.74, 6) is 0. The summed E-state index contributed by atoms with van der Waals surface area (Å²) in [6, 6.07) is 3.97. The predicted octanol–water partition coefficient (Wildman–Crippen LogP) is 0.271. The Balaban J connectivity index is 2.43. The quantitative estimate of drug-likeness (QED) is 0.650. The molecular weight excluding hydrogens is 188 g/mol. The van der Waals surface area contributed by atoms with Gasteiger partial charge in [0.2, 0.25) is 0 Å². The van der Waals surface area contributed by atoms with Gasteiger partial charge < -0.3 is 5.32 Å². The number of nitrogens with zero attached hydrogens (tertiary/aromatic N) is 3. The molecule has 1 aromatic heterocycles. The Kier molecular flexibility index (Phi) is 1.84. The van der Waals surface area contributed by atoms with Crippen LogP contribution in [0.15, 0.2) is 40.3 Å². The standard InChI is InChI=1S/C11H10N4/c1-3-8-10(12-5-1)7-14-15-9-4-2-6-13-11(8)9/h1,3-5,7,13H,2,6H2. The highest BCUT2D eigenvalue weighted by Gasteiger charge is 2.11. The Morgan fingerprint density at radius 1 is 1.33 bits per heavy atom. The van der Waals surface area contributed by atoms with E-state index >= 15 is 0 Å². The summed E-state index contributed by atoms with van der Waals surface area (Å²) in [6.45, 7) is 0.947. The number of hydrogen-bond donors (Lipinski definition) is 1. The maximum absolute atomic E-state index is 4.27. The van der Waals surface area contributed by atoms with E-state index in [0.29, 0.717) is 0 Å². The number of aromatic nitrogens is 1. The molecule has 0 radical (unpaired) electrons. The molecule has 4 nitrogen and oxygen atoms in total. The molecular formula is C11H10N4. The highest BCUT2D eigenvalue weighted by atomic mass is 15.1. The van der Waals surface area contributed by atoms with Crippen molar-refractivity contribution in [2.75, 3.05) is 6.54 Å². The van der Waals surface area contributed by atoms with Crippen LogP contribution in [0.25, 0.3) is 11.9 Å². The zero-order valence-corrected chi connectivity index (χ0v) is 8.14. The molecule has 15 heavy (non-hydrogen) atoms. The third kappa shape index (κ3) is 1.34. The van der Waals surface area contributed by atoms with E-state index in [9.17, 15) is 0 Å². The third-order valence-corrected chi connectivity index (χ3v) is 2.49. The normalized spacial score (nSPS) is 17.9. The second-order valence-corrected chi connectivity index (χ2v) is 3.46. The lowest BCUT2D eigenvalue weighted by atomic mass is 10.1. The van der Waals surface area contributed by atoms with E-state index in [-0.39, 0.29) is 0 Å². The van der Waals surface area contributed by atoms with Crippen LogP contribution in [-0.4, -0.2) is 11.5 Å². The number of nitrogens with one attached hydrogen (secondary N) is 1. The lowest BCUT2D eigenvalue weighted by molar-refractivity contribution is 0.823. The zero-order chi connectivity index (χ0) is 10.1. The molecule has 1 aromatic rings. The summed E-state index contributed by atoms with van der Waals surface area (Å²) >= 11 is 0. The predicted molar refractivity (Wildman–Crippen MR) is 56.9 cm³/mol. The maximum atomic E-state index is 4.27. The molecule has 0 bridgehead atoms. The van der Waals surface area contributed by atoms with Crippen molar-refractivity contribution in [3.05, 3.63) is 40.7 Å². The van der Waals surface area contributed by atoms with E-state index in [1.54, 1.807) is 12.4 Å². The van der Waals surface area contributed by atoms with Gasteiger partial charge in [-0.25, -0.2) is 0 Å². The van der Waals surface area contributed by atoms with E-state index in [0.717, 1.165) is 34.9 Å². The Labute approximate surface area is 86.8 Å². The number of pyridine rings is 1. The van der Waals surface area contributed by atoms with Crippen molar-refractivity contribution in [3.63, 3.8) is 0 Å². The molecule has 0 fully saturated rings. The van der Waals surface area contributed by atoms with Gasteiger partial charge in [0.15, 0.2) is 0 Å².